The van der Waals surface area contributed by atoms with Gasteiger partial charge >= 0.3 is 0 Å². The smallest absolute Gasteiger partial charge is 0.227 e. The van der Waals surface area contributed by atoms with Crippen LogP contribution in [0.5, 0.6) is 0 Å². The van der Waals surface area contributed by atoms with Gasteiger partial charge in [-0.05, 0) is 18.7 Å². The molecule has 1 saturated heterocycles. The van der Waals surface area contributed by atoms with Crippen LogP contribution in [0.15, 0.2) is 18.5 Å². The molecule has 2 rings (SSSR count). The number of aromatic amines is 1. The fraction of sp³-hybridized carbons (Fsp3) is 0.545. The van der Waals surface area contributed by atoms with Gasteiger partial charge in [-0.1, -0.05) is 0 Å². The van der Waals surface area contributed by atoms with Gasteiger partial charge in [-0.15, -0.1) is 0 Å². The Hall–Kier alpha value is -1.33. The molecule has 0 spiro atoms. The molecule has 2 atom stereocenters. The zero-order valence-electron chi connectivity index (χ0n) is 9.32. The number of aromatic nitrogens is 1. The second kappa shape index (κ2) is 5.14. The molecule has 88 valence electrons. The molecule has 1 aromatic heterocycles. The predicted octanol–water partition coefficient (Wildman–Crippen LogP) is -0.135. The lowest BCUT2D eigenvalue weighted by atomic mass is 10.0. The molecule has 0 bridgehead atoms. The van der Waals surface area contributed by atoms with Crippen LogP contribution in [0, 0.1) is 5.92 Å². The second-order valence-corrected chi connectivity index (χ2v) is 3.98. The number of hydrogen-bond acceptors (Lipinski definition) is 3. The van der Waals surface area contributed by atoms with Crippen molar-refractivity contribution in [2.24, 2.45) is 5.92 Å². The van der Waals surface area contributed by atoms with E-state index in [9.17, 15) is 4.79 Å². The van der Waals surface area contributed by atoms with E-state index < -0.39 is 0 Å². The van der Waals surface area contributed by atoms with E-state index in [1.807, 2.05) is 25.5 Å². The van der Waals surface area contributed by atoms with Crippen LogP contribution in [-0.2, 0) is 16.1 Å². The summed E-state index contributed by atoms with van der Waals surface area (Å²) in [5, 5.41) is 6.01. The highest BCUT2D eigenvalue weighted by atomic mass is 16.5. The van der Waals surface area contributed by atoms with E-state index in [2.05, 4.69) is 15.6 Å². The van der Waals surface area contributed by atoms with Crippen LogP contribution in [0.3, 0.4) is 0 Å². The molecule has 1 aliphatic heterocycles. The summed E-state index contributed by atoms with van der Waals surface area (Å²) in [6.45, 7) is 1.68. The van der Waals surface area contributed by atoms with Crippen molar-refractivity contribution >= 4 is 5.91 Å². The molecular weight excluding hydrogens is 206 g/mol. The molecule has 1 fully saturated rings. The lowest BCUT2D eigenvalue weighted by molar-refractivity contribution is -0.125. The number of hydrogen-bond donors (Lipinski definition) is 3. The number of carbonyl (C=O) groups excluding carboxylic acids is 1. The minimum atomic E-state index is -0.0797. The molecule has 2 heterocycles. The molecule has 5 nitrogen and oxygen atoms in total. The Labute approximate surface area is 94.6 Å². The molecule has 1 aromatic rings. The van der Waals surface area contributed by atoms with E-state index in [4.69, 9.17) is 4.74 Å². The van der Waals surface area contributed by atoms with Gasteiger partial charge in [0.2, 0.25) is 5.91 Å². The summed E-state index contributed by atoms with van der Waals surface area (Å²) in [5.41, 5.74) is 1.08. The molecule has 1 aliphatic rings. The Morgan fingerprint density at radius 3 is 3.19 bits per heavy atom. The third-order valence-electron chi connectivity index (χ3n) is 2.92. The molecule has 0 saturated carbocycles. The fourth-order valence-electron chi connectivity index (χ4n) is 1.89. The van der Waals surface area contributed by atoms with Crippen LogP contribution in [-0.4, -0.2) is 37.2 Å². The zero-order chi connectivity index (χ0) is 11.4. The van der Waals surface area contributed by atoms with Crippen molar-refractivity contribution in [2.45, 2.75) is 12.6 Å². The Balaban J connectivity index is 1.83. The molecule has 16 heavy (non-hydrogen) atoms. The van der Waals surface area contributed by atoms with Crippen LogP contribution in [0.4, 0.5) is 0 Å². The fourth-order valence-corrected chi connectivity index (χ4v) is 1.89. The van der Waals surface area contributed by atoms with Gasteiger partial charge in [0.05, 0.1) is 19.1 Å². The van der Waals surface area contributed by atoms with Gasteiger partial charge in [-0.25, -0.2) is 0 Å². The number of rotatable bonds is 4. The quantitative estimate of drug-likeness (QED) is 0.666. The molecule has 0 aromatic carbocycles. The topological polar surface area (TPSA) is 66.2 Å². The average molecular weight is 223 g/mol. The summed E-state index contributed by atoms with van der Waals surface area (Å²) >= 11 is 0. The van der Waals surface area contributed by atoms with Crippen LogP contribution < -0.4 is 10.6 Å². The van der Waals surface area contributed by atoms with E-state index in [1.54, 1.807) is 0 Å². The third kappa shape index (κ3) is 2.43. The molecular formula is C11H17N3O2. The Morgan fingerprint density at radius 1 is 1.62 bits per heavy atom. The van der Waals surface area contributed by atoms with Crippen LogP contribution >= 0.6 is 0 Å². The Kier molecular flexibility index (Phi) is 3.58. The van der Waals surface area contributed by atoms with E-state index >= 15 is 0 Å². The summed E-state index contributed by atoms with van der Waals surface area (Å²) in [7, 11) is 1.85. The maximum absolute atomic E-state index is 11.9. The highest BCUT2D eigenvalue weighted by Gasteiger charge is 2.32. The zero-order valence-corrected chi connectivity index (χ0v) is 9.32. The molecule has 2 unspecified atom stereocenters. The standard InChI is InChI=1S/C11H17N3O2/c1-12-10-7-16-6-9(10)11(15)14-5-8-2-3-13-4-8/h2-4,9-10,12-13H,5-7H2,1H3,(H,14,15). The average Bonchev–Trinajstić information content (AvgIpc) is 2.96. The molecule has 5 heteroatoms. The summed E-state index contributed by atoms with van der Waals surface area (Å²) < 4.78 is 5.29. The van der Waals surface area contributed by atoms with E-state index in [1.165, 1.54) is 0 Å². The van der Waals surface area contributed by atoms with Crippen LogP contribution in [0.25, 0.3) is 0 Å². The van der Waals surface area contributed by atoms with E-state index in [0.717, 1.165) is 5.56 Å². The van der Waals surface area contributed by atoms with Gasteiger partial charge in [-0.3, -0.25) is 4.79 Å². The largest absolute Gasteiger partial charge is 0.379 e. The summed E-state index contributed by atoms with van der Waals surface area (Å²) in [6.07, 6.45) is 3.72. The number of amides is 1. The minimum Gasteiger partial charge on any atom is -0.379 e. The first kappa shape index (κ1) is 11.2. The van der Waals surface area contributed by atoms with Gasteiger partial charge in [0.15, 0.2) is 0 Å². The number of likely N-dealkylation sites (N-methyl/N-ethyl adjacent to an activating group) is 1. The first-order valence-corrected chi connectivity index (χ1v) is 5.45. The van der Waals surface area contributed by atoms with Crippen LogP contribution in [0.1, 0.15) is 5.56 Å². The lowest BCUT2D eigenvalue weighted by Crippen LogP contribution is -2.42. The van der Waals surface area contributed by atoms with Crippen molar-refractivity contribution in [2.75, 3.05) is 20.3 Å². The van der Waals surface area contributed by atoms with Crippen molar-refractivity contribution < 1.29 is 9.53 Å². The van der Waals surface area contributed by atoms with Gasteiger partial charge in [0.1, 0.15) is 0 Å². The monoisotopic (exact) mass is 223 g/mol. The SMILES string of the molecule is CNC1COCC1C(=O)NCc1cc[nH]c1. The van der Waals surface area contributed by atoms with Gasteiger partial charge in [0, 0.05) is 25.0 Å². The summed E-state index contributed by atoms with van der Waals surface area (Å²) in [5.74, 6) is -0.0259. The summed E-state index contributed by atoms with van der Waals surface area (Å²) in [4.78, 5) is 14.8. The van der Waals surface area contributed by atoms with Crippen molar-refractivity contribution in [1.82, 2.24) is 15.6 Å². The molecule has 3 N–H and O–H groups in total. The second-order valence-electron chi connectivity index (χ2n) is 3.98. The molecule has 0 radical (unpaired) electrons. The van der Waals surface area contributed by atoms with Gasteiger partial charge in [0.25, 0.3) is 0 Å². The first-order chi connectivity index (χ1) is 7.81. The number of ether oxygens (including phenoxy) is 1. The molecule has 0 aliphatic carbocycles. The first-order valence-electron chi connectivity index (χ1n) is 5.45. The minimum absolute atomic E-state index is 0.0538. The van der Waals surface area contributed by atoms with Crippen molar-refractivity contribution in [1.29, 1.82) is 0 Å². The number of nitrogens with one attached hydrogen (secondary N) is 3. The Morgan fingerprint density at radius 2 is 2.50 bits per heavy atom. The van der Waals surface area contributed by atoms with Crippen molar-refractivity contribution in [3.05, 3.63) is 24.0 Å². The maximum Gasteiger partial charge on any atom is 0.227 e. The van der Waals surface area contributed by atoms with E-state index in [-0.39, 0.29) is 17.9 Å². The molecule has 1 amide bonds. The lowest BCUT2D eigenvalue weighted by Gasteiger charge is -2.16. The van der Waals surface area contributed by atoms with Crippen molar-refractivity contribution in [3.63, 3.8) is 0 Å². The predicted molar refractivity (Wildman–Crippen MR) is 59.8 cm³/mol. The Bertz CT molecular complexity index is 337. The highest BCUT2D eigenvalue weighted by molar-refractivity contribution is 5.79. The third-order valence-corrected chi connectivity index (χ3v) is 2.92. The number of H-pyrrole nitrogens is 1. The normalized spacial score (nSPS) is 24.6. The summed E-state index contributed by atoms with van der Waals surface area (Å²) in [6, 6.07) is 2.08. The van der Waals surface area contributed by atoms with Gasteiger partial charge in [-0.2, -0.15) is 0 Å². The van der Waals surface area contributed by atoms with Gasteiger partial charge < -0.3 is 20.4 Å². The van der Waals surface area contributed by atoms with E-state index in [0.29, 0.717) is 19.8 Å². The van der Waals surface area contributed by atoms with Crippen LogP contribution in [0.2, 0.25) is 0 Å². The number of carbonyl (C=O) groups is 1. The van der Waals surface area contributed by atoms with Crippen molar-refractivity contribution in [3.8, 4) is 0 Å². The maximum atomic E-state index is 11.9. The highest BCUT2D eigenvalue weighted by Crippen LogP contribution is 2.13.